The van der Waals surface area contributed by atoms with Gasteiger partial charge in [0.2, 0.25) is 0 Å². The Kier molecular flexibility index (Phi) is 7.34. The van der Waals surface area contributed by atoms with Gasteiger partial charge in [0.1, 0.15) is 5.69 Å². The van der Waals surface area contributed by atoms with Crippen LogP contribution in [-0.2, 0) is 16.6 Å². The molecule has 0 bridgehead atoms. The van der Waals surface area contributed by atoms with Gasteiger partial charge < -0.3 is 14.6 Å². The van der Waals surface area contributed by atoms with Crippen molar-refractivity contribution in [2.45, 2.75) is 39.2 Å². The molecule has 1 amide bonds. The Morgan fingerprint density at radius 1 is 0.889 bits per heavy atom. The van der Waals surface area contributed by atoms with Crippen LogP contribution in [-0.4, -0.2) is 22.5 Å². The van der Waals surface area contributed by atoms with Gasteiger partial charge in [-0.1, -0.05) is 81.4 Å². The molecular formula is C30H30N2O4. The number of carbonyl (C=O) groups excluding carboxylic acids is 2. The van der Waals surface area contributed by atoms with Crippen LogP contribution in [0.1, 0.15) is 49.2 Å². The van der Waals surface area contributed by atoms with E-state index < -0.39 is 18.0 Å². The van der Waals surface area contributed by atoms with Crippen molar-refractivity contribution >= 4 is 28.3 Å². The molecule has 6 nitrogen and oxygen atoms in total. The molecule has 1 atom stereocenters. The van der Waals surface area contributed by atoms with Crippen molar-refractivity contribution in [2.24, 2.45) is 7.05 Å². The third-order valence-electron chi connectivity index (χ3n) is 6.32. The zero-order valence-electron chi connectivity index (χ0n) is 20.9. The van der Waals surface area contributed by atoms with E-state index >= 15 is 0 Å². The highest BCUT2D eigenvalue weighted by Gasteiger charge is 2.27. The molecule has 1 aromatic heterocycles. The van der Waals surface area contributed by atoms with Gasteiger partial charge in [0.15, 0.2) is 6.10 Å². The van der Waals surface area contributed by atoms with Crippen LogP contribution in [0.15, 0.2) is 83.7 Å². The summed E-state index contributed by atoms with van der Waals surface area (Å²) in [6.45, 7) is 5.98. The maximum atomic E-state index is 13.5. The average Bonchev–Trinajstić information content (AvgIpc) is 2.89. The van der Waals surface area contributed by atoms with Gasteiger partial charge in [-0.05, 0) is 47.1 Å². The maximum Gasteiger partial charge on any atom is 0.356 e. The number of anilines is 1. The Morgan fingerprint density at radius 3 is 2.11 bits per heavy atom. The first-order valence-electron chi connectivity index (χ1n) is 12.1. The fourth-order valence-electron chi connectivity index (χ4n) is 4.28. The van der Waals surface area contributed by atoms with Gasteiger partial charge in [-0.15, -0.1) is 0 Å². The molecule has 0 aliphatic heterocycles. The lowest BCUT2D eigenvalue weighted by molar-refractivity contribution is -0.124. The van der Waals surface area contributed by atoms with Crippen LogP contribution in [0.5, 0.6) is 0 Å². The second-order valence-electron chi connectivity index (χ2n) is 9.07. The summed E-state index contributed by atoms with van der Waals surface area (Å²) in [5.41, 5.74) is 2.97. The lowest BCUT2D eigenvalue weighted by Crippen LogP contribution is -2.34. The molecule has 0 fully saturated rings. The Balaban J connectivity index is 1.69. The van der Waals surface area contributed by atoms with Crippen molar-refractivity contribution in [3.63, 3.8) is 0 Å². The molecule has 0 aliphatic rings. The second-order valence-corrected chi connectivity index (χ2v) is 9.07. The number of pyridine rings is 1. The van der Waals surface area contributed by atoms with Gasteiger partial charge in [0.25, 0.3) is 11.5 Å². The largest absolute Gasteiger partial charge is 0.448 e. The minimum absolute atomic E-state index is 0.109. The first-order chi connectivity index (χ1) is 17.3. The van der Waals surface area contributed by atoms with E-state index in [9.17, 15) is 14.4 Å². The Morgan fingerprint density at radius 2 is 1.50 bits per heavy atom. The summed E-state index contributed by atoms with van der Waals surface area (Å²) in [7, 11) is 1.55. The molecule has 1 N–H and O–H groups in total. The summed E-state index contributed by atoms with van der Waals surface area (Å²) in [5.74, 6) is -0.766. The van der Waals surface area contributed by atoms with Gasteiger partial charge in [-0.25, -0.2) is 4.79 Å². The first-order valence-corrected chi connectivity index (χ1v) is 12.1. The lowest BCUT2D eigenvalue weighted by atomic mass is 9.97. The molecule has 4 rings (SSSR count). The number of carbonyl (C=O) groups is 2. The molecule has 1 unspecified atom stereocenters. The number of hydrogen-bond acceptors (Lipinski definition) is 4. The molecule has 3 aromatic carbocycles. The highest BCUT2D eigenvalue weighted by molar-refractivity contribution is 6.07. The highest BCUT2D eigenvalue weighted by atomic mass is 16.5. The van der Waals surface area contributed by atoms with Crippen LogP contribution in [0.4, 0.5) is 5.69 Å². The van der Waals surface area contributed by atoms with Crippen molar-refractivity contribution in [3.8, 4) is 11.1 Å². The van der Waals surface area contributed by atoms with Crippen molar-refractivity contribution in [2.75, 3.05) is 5.32 Å². The van der Waals surface area contributed by atoms with Crippen LogP contribution in [0, 0.1) is 0 Å². The number of amides is 1. The van der Waals surface area contributed by atoms with Crippen LogP contribution < -0.4 is 10.9 Å². The second kappa shape index (κ2) is 10.6. The minimum atomic E-state index is -1.02. The number of nitrogens with zero attached hydrogens (tertiary/aromatic N) is 1. The molecule has 0 saturated carbocycles. The van der Waals surface area contributed by atoms with Crippen molar-refractivity contribution in [1.82, 2.24) is 4.57 Å². The molecular weight excluding hydrogens is 452 g/mol. The van der Waals surface area contributed by atoms with E-state index in [0.29, 0.717) is 27.9 Å². The molecule has 6 heteroatoms. The average molecular weight is 483 g/mol. The van der Waals surface area contributed by atoms with Gasteiger partial charge in [-0.3, -0.25) is 9.59 Å². The number of ether oxygens (including phenoxy) is 1. The number of aromatic nitrogens is 1. The first kappa shape index (κ1) is 24.9. The summed E-state index contributed by atoms with van der Waals surface area (Å²) >= 11 is 0. The van der Waals surface area contributed by atoms with Crippen molar-refractivity contribution in [3.05, 3.63) is 100 Å². The quantitative estimate of drug-likeness (QED) is 0.333. The Labute approximate surface area is 210 Å². The summed E-state index contributed by atoms with van der Waals surface area (Å²) < 4.78 is 7.03. The lowest BCUT2D eigenvalue weighted by Gasteiger charge is -2.20. The van der Waals surface area contributed by atoms with Crippen LogP contribution in [0.25, 0.3) is 21.9 Å². The molecule has 0 aliphatic carbocycles. The topological polar surface area (TPSA) is 77.4 Å². The van der Waals surface area contributed by atoms with E-state index in [1.54, 1.807) is 26.1 Å². The van der Waals surface area contributed by atoms with Gasteiger partial charge in [0.05, 0.1) is 0 Å². The third kappa shape index (κ3) is 4.93. The van der Waals surface area contributed by atoms with Gasteiger partial charge in [0, 0.05) is 23.7 Å². The normalized spacial score (nSPS) is 11.9. The molecule has 36 heavy (non-hydrogen) atoms. The van der Waals surface area contributed by atoms with Gasteiger partial charge in [-0.2, -0.15) is 0 Å². The van der Waals surface area contributed by atoms with Gasteiger partial charge >= 0.3 is 5.97 Å². The smallest absolute Gasteiger partial charge is 0.356 e. The van der Waals surface area contributed by atoms with E-state index in [-0.39, 0.29) is 17.7 Å². The van der Waals surface area contributed by atoms with E-state index in [0.717, 1.165) is 11.1 Å². The fraction of sp³-hybridized carbons (Fsp3) is 0.233. The highest BCUT2D eigenvalue weighted by Crippen LogP contribution is 2.31. The summed E-state index contributed by atoms with van der Waals surface area (Å²) in [6, 6.07) is 24.2. The molecule has 0 spiro atoms. The number of hydrogen-bond donors (Lipinski definition) is 1. The third-order valence-corrected chi connectivity index (χ3v) is 6.32. The molecule has 4 aromatic rings. The van der Waals surface area contributed by atoms with E-state index in [4.69, 9.17) is 4.74 Å². The number of esters is 1. The molecule has 0 radical (unpaired) electrons. The number of nitrogens with one attached hydrogen (secondary N) is 1. The van der Waals surface area contributed by atoms with Crippen LogP contribution in [0.3, 0.4) is 0 Å². The maximum absolute atomic E-state index is 13.5. The van der Waals surface area contributed by atoms with Crippen molar-refractivity contribution < 1.29 is 14.3 Å². The number of fused-ring (bicyclic) bond motifs is 1. The molecule has 184 valence electrons. The summed E-state index contributed by atoms with van der Waals surface area (Å²) in [5, 5.41) is 3.99. The fourth-order valence-corrected chi connectivity index (χ4v) is 4.28. The monoisotopic (exact) mass is 482 g/mol. The minimum Gasteiger partial charge on any atom is -0.448 e. The zero-order valence-corrected chi connectivity index (χ0v) is 20.9. The Hall–Kier alpha value is -4.19. The van der Waals surface area contributed by atoms with E-state index in [2.05, 4.69) is 19.2 Å². The predicted octanol–water partition coefficient (Wildman–Crippen LogP) is 5.90. The molecule has 0 saturated heterocycles. The summed E-state index contributed by atoms with van der Waals surface area (Å²) in [6.07, 6.45) is -0.739. The van der Waals surface area contributed by atoms with E-state index in [1.807, 2.05) is 66.7 Å². The molecule has 1 heterocycles. The standard InChI is InChI=1S/C30H30N2O4/c1-5-25(28(33)31-22-17-15-20(16-18-22)19(2)3)36-30(35)27-26(21-11-7-6-8-12-21)23-13-9-10-14-24(23)29(34)32(27)4/h6-19,25H,5H2,1-4H3,(H,31,33). The Bertz CT molecular complexity index is 1450. The van der Waals surface area contributed by atoms with E-state index in [1.165, 1.54) is 4.57 Å². The predicted molar refractivity (Wildman–Crippen MR) is 143 cm³/mol. The van der Waals surface area contributed by atoms with Crippen LogP contribution in [0.2, 0.25) is 0 Å². The number of benzene rings is 3. The zero-order chi connectivity index (χ0) is 25.8. The van der Waals surface area contributed by atoms with Crippen molar-refractivity contribution in [1.29, 1.82) is 0 Å². The van der Waals surface area contributed by atoms with Crippen LogP contribution >= 0.6 is 0 Å². The number of rotatable bonds is 7. The SMILES string of the molecule is CCC(OC(=O)c1c(-c2ccccc2)c2ccccc2c(=O)n1C)C(=O)Nc1ccc(C(C)C)cc1. The summed E-state index contributed by atoms with van der Waals surface area (Å²) in [4.78, 5) is 39.6.